The molecule has 0 aliphatic carbocycles. The van der Waals surface area contributed by atoms with Gasteiger partial charge in [0.05, 0.1) is 33.5 Å². The van der Waals surface area contributed by atoms with Gasteiger partial charge < -0.3 is 10.1 Å². The standard InChI is InChI=1S/C24H27ClFN3O3S/c1-14-20(26)18(22(27-6)32-15(2)24(3,4)5)11-19-21(14)33(31)13-28-23(30)29(19)12-16-7-9-17(25)10-8-16/h7-11H,2,12-13H2,1,3-6H3,(H,28,30). The molecule has 0 bridgehead atoms. The second-order valence-corrected chi connectivity index (χ2v) is 10.5. The topological polar surface area (TPSA) is 71.0 Å². The van der Waals surface area contributed by atoms with Gasteiger partial charge in [0.25, 0.3) is 0 Å². The summed E-state index contributed by atoms with van der Waals surface area (Å²) >= 11 is 5.98. The number of aliphatic imine (C=N–C) groups is 1. The minimum absolute atomic E-state index is 0.0280. The number of hydrogen-bond donors (Lipinski definition) is 1. The summed E-state index contributed by atoms with van der Waals surface area (Å²) in [5.74, 6) is -0.283. The summed E-state index contributed by atoms with van der Waals surface area (Å²) in [7, 11) is -0.150. The van der Waals surface area contributed by atoms with Gasteiger partial charge >= 0.3 is 6.03 Å². The first-order valence-corrected chi connectivity index (χ1v) is 12.0. The van der Waals surface area contributed by atoms with Crippen LogP contribution in [-0.2, 0) is 22.1 Å². The third kappa shape index (κ3) is 5.28. The fourth-order valence-corrected chi connectivity index (χ4v) is 4.59. The highest BCUT2D eigenvalue weighted by atomic mass is 35.5. The van der Waals surface area contributed by atoms with E-state index in [-0.39, 0.29) is 34.3 Å². The molecule has 1 unspecified atom stereocenters. The molecule has 0 saturated carbocycles. The summed E-state index contributed by atoms with van der Waals surface area (Å²) in [4.78, 5) is 18.8. The maximum atomic E-state index is 15.5. The molecule has 3 rings (SSSR count). The first-order chi connectivity index (χ1) is 15.4. The lowest BCUT2D eigenvalue weighted by Gasteiger charge is -2.26. The van der Waals surface area contributed by atoms with Crippen LogP contribution in [0.25, 0.3) is 0 Å². The molecule has 1 aliphatic heterocycles. The van der Waals surface area contributed by atoms with Crippen molar-refractivity contribution in [3.63, 3.8) is 0 Å². The van der Waals surface area contributed by atoms with Gasteiger partial charge in [-0.2, -0.15) is 0 Å². The minimum atomic E-state index is -1.64. The van der Waals surface area contributed by atoms with E-state index in [1.807, 2.05) is 20.8 Å². The molecule has 176 valence electrons. The lowest BCUT2D eigenvalue weighted by molar-refractivity contribution is 0.247. The molecule has 9 heteroatoms. The van der Waals surface area contributed by atoms with E-state index in [1.54, 1.807) is 24.3 Å². The number of allylic oxidation sites excluding steroid dienone is 1. The number of urea groups is 1. The molecule has 2 aromatic carbocycles. The van der Waals surface area contributed by atoms with Crippen LogP contribution in [0.4, 0.5) is 14.9 Å². The van der Waals surface area contributed by atoms with Crippen LogP contribution in [-0.4, -0.2) is 29.1 Å². The average Bonchev–Trinajstić information content (AvgIpc) is 2.87. The van der Waals surface area contributed by atoms with Gasteiger partial charge in [0.1, 0.15) is 17.5 Å². The van der Waals surface area contributed by atoms with Crippen molar-refractivity contribution in [2.75, 3.05) is 17.8 Å². The smallest absolute Gasteiger partial charge is 0.322 e. The highest BCUT2D eigenvalue weighted by molar-refractivity contribution is 7.85. The van der Waals surface area contributed by atoms with Crippen LogP contribution in [0.3, 0.4) is 0 Å². The number of anilines is 1. The number of halogens is 2. The van der Waals surface area contributed by atoms with Gasteiger partial charge in [-0.1, -0.05) is 51.1 Å². The summed E-state index contributed by atoms with van der Waals surface area (Å²) in [5.41, 5.74) is 0.975. The van der Waals surface area contributed by atoms with Gasteiger partial charge in [-0.05, 0) is 30.7 Å². The van der Waals surface area contributed by atoms with Gasteiger partial charge in [0.2, 0.25) is 5.90 Å². The summed E-state index contributed by atoms with van der Waals surface area (Å²) < 4.78 is 34.3. The number of nitrogens with one attached hydrogen (secondary N) is 1. The molecule has 2 amide bonds. The van der Waals surface area contributed by atoms with Crippen LogP contribution >= 0.6 is 11.6 Å². The number of benzene rings is 2. The lowest BCUT2D eigenvalue weighted by Crippen LogP contribution is -2.38. The SMILES string of the molecule is C=C(OC(=NC)c1cc2c(c(C)c1F)S(=O)CNC(=O)N2Cc1ccc(Cl)cc1)C(C)(C)C. The normalized spacial score (nSPS) is 16.7. The number of ether oxygens (including phenoxy) is 1. The molecule has 0 radical (unpaired) electrons. The molecule has 0 aromatic heterocycles. The molecular weight excluding hydrogens is 465 g/mol. The second kappa shape index (κ2) is 9.65. The van der Waals surface area contributed by atoms with Crippen molar-refractivity contribution in [2.24, 2.45) is 10.4 Å². The van der Waals surface area contributed by atoms with Crippen LogP contribution in [0.2, 0.25) is 5.02 Å². The van der Waals surface area contributed by atoms with E-state index >= 15 is 4.39 Å². The summed E-state index contributed by atoms with van der Waals surface area (Å²) in [6, 6.07) is 8.06. The van der Waals surface area contributed by atoms with Crippen molar-refractivity contribution in [3.05, 3.63) is 70.2 Å². The Morgan fingerprint density at radius 3 is 2.55 bits per heavy atom. The fourth-order valence-electron chi connectivity index (χ4n) is 3.23. The quantitative estimate of drug-likeness (QED) is 0.347. The monoisotopic (exact) mass is 491 g/mol. The molecule has 0 saturated heterocycles. The number of nitrogens with zero attached hydrogens (tertiary/aromatic N) is 2. The highest BCUT2D eigenvalue weighted by Crippen LogP contribution is 2.35. The zero-order valence-electron chi connectivity index (χ0n) is 19.3. The minimum Gasteiger partial charge on any atom is -0.443 e. The predicted molar refractivity (Wildman–Crippen MR) is 131 cm³/mol. The molecular formula is C24H27ClFN3O3S. The maximum absolute atomic E-state index is 15.5. The molecule has 6 nitrogen and oxygen atoms in total. The van der Waals surface area contributed by atoms with Gasteiger partial charge in [0, 0.05) is 23.0 Å². The molecule has 0 fully saturated rings. The Morgan fingerprint density at radius 2 is 1.97 bits per heavy atom. The number of rotatable bonds is 4. The van der Waals surface area contributed by atoms with Gasteiger partial charge in [-0.15, -0.1) is 0 Å². The largest absolute Gasteiger partial charge is 0.443 e. The van der Waals surface area contributed by atoms with E-state index in [4.69, 9.17) is 16.3 Å². The molecule has 1 heterocycles. The van der Waals surface area contributed by atoms with Crippen LogP contribution < -0.4 is 10.2 Å². The number of carbonyl (C=O) groups is 1. The van der Waals surface area contributed by atoms with E-state index in [0.29, 0.717) is 16.5 Å². The molecule has 1 N–H and O–H groups in total. The Kier molecular flexibility index (Phi) is 7.29. The summed E-state index contributed by atoms with van der Waals surface area (Å²) in [5, 5.41) is 3.22. The van der Waals surface area contributed by atoms with Crippen LogP contribution in [0.1, 0.15) is 37.5 Å². The zero-order valence-corrected chi connectivity index (χ0v) is 20.9. The Morgan fingerprint density at radius 1 is 1.33 bits per heavy atom. The van der Waals surface area contributed by atoms with E-state index < -0.39 is 28.1 Å². The van der Waals surface area contributed by atoms with E-state index in [9.17, 15) is 9.00 Å². The molecule has 1 aliphatic rings. The van der Waals surface area contributed by atoms with Crippen LogP contribution in [0, 0.1) is 18.2 Å². The third-order valence-electron chi connectivity index (χ3n) is 5.28. The fraction of sp³-hybridized carbons (Fsp3) is 0.333. The number of hydrogen-bond acceptors (Lipinski definition) is 4. The Labute approximate surface area is 200 Å². The Bertz CT molecular complexity index is 1160. The lowest BCUT2D eigenvalue weighted by atomic mass is 9.95. The third-order valence-corrected chi connectivity index (χ3v) is 6.91. The molecule has 2 aromatic rings. The first-order valence-electron chi connectivity index (χ1n) is 10.3. The summed E-state index contributed by atoms with van der Waals surface area (Å²) in [6.45, 7) is 11.4. The first kappa shape index (κ1) is 24.9. The van der Waals surface area contributed by atoms with Crippen LogP contribution in [0.15, 0.2) is 52.6 Å². The van der Waals surface area contributed by atoms with Crippen molar-refractivity contribution < 1.29 is 18.1 Å². The second-order valence-electron chi connectivity index (χ2n) is 8.70. The van der Waals surface area contributed by atoms with Crippen molar-refractivity contribution in [1.82, 2.24) is 5.32 Å². The molecule has 0 spiro atoms. The number of carbonyl (C=O) groups excluding carboxylic acids is 1. The van der Waals surface area contributed by atoms with E-state index in [2.05, 4.69) is 16.9 Å². The highest BCUT2D eigenvalue weighted by Gasteiger charge is 2.32. The average molecular weight is 492 g/mol. The number of fused-ring (bicyclic) bond motifs is 1. The zero-order chi connectivity index (χ0) is 24.5. The number of amides is 2. The predicted octanol–water partition coefficient (Wildman–Crippen LogP) is 5.54. The van der Waals surface area contributed by atoms with Gasteiger partial charge in [-0.3, -0.25) is 14.1 Å². The van der Waals surface area contributed by atoms with E-state index in [0.717, 1.165) is 5.56 Å². The molecule has 33 heavy (non-hydrogen) atoms. The van der Waals surface area contributed by atoms with Crippen molar-refractivity contribution >= 4 is 40.0 Å². The van der Waals surface area contributed by atoms with Crippen LogP contribution in [0.5, 0.6) is 0 Å². The van der Waals surface area contributed by atoms with Gasteiger partial charge in [-0.25, -0.2) is 9.18 Å². The van der Waals surface area contributed by atoms with Crippen molar-refractivity contribution in [3.8, 4) is 0 Å². The summed E-state index contributed by atoms with van der Waals surface area (Å²) in [6.07, 6.45) is 0. The maximum Gasteiger partial charge on any atom is 0.322 e. The molecule has 1 atom stereocenters. The van der Waals surface area contributed by atoms with Gasteiger partial charge in [0.15, 0.2) is 0 Å². The van der Waals surface area contributed by atoms with E-state index in [1.165, 1.54) is 24.9 Å². The Hall–Kier alpha value is -2.71. The Balaban J connectivity index is 2.15. The van der Waals surface area contributed by atoms with Crippen molar-refractivity contribution in [1.29, 1.82) is 0 Å². The van der Waals surface area contributed by atoms with Crippen molar-refractivity contribution in [2.45, 2.75) is 39.1 Å².